The van der Waals surface area contributed by atoms with Gasteiger partial charge in [-0.15, -0.1) is 0 Å². The molecule has 220 valence electrons. The molecule has 0 fully saturated rings. The molecule has 2 rings (SSSR count). The summed E-state index contributed by atoms with van der Waals surface area (Å²) in [6, 6.07) is 15.4. The number of nitrogens with zero attached hydrogens (tertiary/aromatic N) is 1. The maximum atomic E-state index is 14.4. The van der Waals surface area contributed by atoms with Gasteiger partial charge in [0.25, 0.3) is 0 Å². The molecule has 0 aromatic heterocycles. The van der Waals surface area contributed by atoms with Crippen molar-refractivity contribution >= 4 is 17.9 Å². The Bertz CT molecular complexity index is 1110. The van der Waals surface area contributed by atoms with E-state index in [2.05, 4.69) is 24.5 Å². The van der Waals surface area contributed by atoms with E-state index < -0.39 is 23.8 Å². The number of hydrogen-bond acceptors (Lipinski definition) is 4. The highest BCUT2D eigenvalue weighted by Crippen LogP contribution is 2.29. The van der Waals surface area contributed by atoms with Gasteiger partial charge in [-0.3, -0.25) is 9.59 Å². The Hall–Kier alpha value is -3.35. The van der Waals surface area contributed by atoms with Crippen LogP contribution in [0.3, 0.4) is 0 Å². The lowest BCUT2D eigenvalue weighted by Crippen LogP contribution is -2.57. The molecule has 7 nitrogen and oxygen atoms in total. The zero-order valence-corrected chi connectivity index (χ0v) is 25.8. The van der Waals surface area contributed by atoms with Gasteiger partial charge in [0.1, 0.15) is 17.7 Å². The third-order valence-electron chi connectivity index (χ3n) is 6.69. The SMILES string of the molecule is Cc1cccc(C(C(=O)NCc2ccccc2)N(C(=O)C(NC(=O)OC(C)(C)C)C(C)C)C(C)CCC(C)C)c1. The van der Waals surface area contributed by atoms with Crippen molar-refractivity contribution in [2.24, 2.45) is 11.8 Å². The Balaban J connectivity index is 2.54. The Labute approximate surface area is 241 Å². The second-order valence-electron chi connectivity index (χ2n) is 12.5. The number of aryl methyl sites for hydroxylation is 1. The number of amides is 3. The summed E-state index contributed by atoms with van der Waals surface area (Å²) in [6.45, 7) is 17.7. The van der Waals surface area contributed by atoms with Crippen molar-refractivity contribution in [2.75, 3.05) is 0 Å². The minimum Gasteiger partial charge on any atom is -0.444 e. The molecule has 3 unspecified atom stereocenters. The second kappa shape index (κ2) is 14.9. The van der Waals surface area contributed by atoms with Crippen LogP contribution < -0.4 is 10.6 Å². The Morgan fingerprint density at radius 1 is 0.900 bits per heavy atom. The first-order valence-corrected chi connectivity index (χ1v) is 14.4. The van der Waals surface area contributed by atoms with Gasteiger partial charge in [0, 0.05) is 12.6 Å². The average Bonchev–Trinajstić information content (AvgIpc) is 2.86. The third-order valence-corrected chi connectivity index (χ3v) is 6.69. The van der Waals surface area contributed by atoms with Crippen LogP contribution in [-0.4, -0.2) is 40.5 Å². The monoisotopic (exact) mass is 551 g/mol. The van der Waals surface area contributed by atoms with Crippen molar-refractivity contribution in [3.05, 3.63) is 71.3 Å². The van der Waals surface area contributed by atoms with E-state index in [0.717, 1.165) is 29.5 Å². The van der Waals surface area contributed by atoms with Gasteiger partial charge in [-0.2, -0.15) is 0 Å². The summed E-state index contributed by atoms with van der Waals surface area (Å²) in [5.41, 5.74) is 1.99. The fourth-order valence-electron chi connectivity index (χ4n) is 4.58. The molecule has 0 saturated heterocycles. The fraction of sp³-hybridized carbons (Fsp3) is 0.545. The summed E-state index contributed by atoms with van der Waals surface area (Å²) in [6.07, 6.45) is 0.952. The van der Waals surface area contributed by atoms with Crippen molar-refractivity contribution in [1.82, 2.24) is 15.5 Å². The van der Waals surface area contributed by atoms with Gasteiger partial charge in [0.15, 0.2) is 0 Å². The van der Waals surface area contributed by atoms with Crippen LogP contribution >= 0.6 is 0 Å². The number of benzene rings is 2. The number of hydrogen-bond donors (Lipinski definition) is 2. The van der Waals surface area contributed by atoms with Crippen molar-refractivity contribution in [3.8, 4) is 0 Å². The van der Waals surface area contributed by atoms with E-state index in [1.54, 1.807) is 25.7 Å². The van der Waals surface area contributed by atoms with Gasteiger partial charge in [-0.1, -0.05) is 87.9 Å². The number of rotatable bonds is 12. The average molecular weight is 552 g/mol. The molecule has 2 aromatic rings. The molecule has 40 heavy (non-hydrogen) atoms. The molecular weight excluding hydrogens is 502 g/mol. The first-order valence-electron chi connectivity index (χ1n) is 14.4. The lowest BCUT2D eigenvalue weighted by Gasteiger charge is -2.39. The molecule has 2 N–H and O–H groups in total. The molecule has 0 heterocycles. The number of ether oxygens (including phenoxy) is 1. The highest BCUT2D eigenvalue weighted by atomic mass is 16.6. The topological polar surface area (TPSA) is 87.7 Å². The summed E-state index contributed by atoms with van der Waals surface area (Å²) in [5.74, 6) is -0.368. The highest BCUT2D eigenvalue weighted by Gasteiger charge is 2.39. The van der Waals surface area contributed by atoms with Crippen molar-refractivity contribution < 1.29 is 19.1 Å². The third kappa shape index (κ3) is 10.3. The van der Waals surface area contributed by atoms with Gasteiger partial charge in [0.05, 0.1) is 0 Å². The Morgan fingerprint density at radius 2 is 1.55 bits per heavy atom. The highest BCUT2D eigenvalue weighted by molar-refractivity contribution is 5.92. The van der Waals surface area contributed by atoms with E-state index in [0.29, 0.717) is 12.5 Å². The van der Waals surface area contributed by atoms with Crippen LogP contribution in [0.2, 0.25) is 0 Å². The summed E-state index contributed by atoms with van der Waals surface area (Å²) in [5, 5.41) is 5.87. The predicted molar refractivity (Wildman–Crippen MR) is 161 cm³/mol. The molecular formula is C33H49N3O4. The van der Waals surface area contributed by atoms with Crippen LogP contribution in [0.1, 0.15) is 91.0 Å². The van der Waals surface area contributed by atoms with Gasteiger partial charge in [-0.05, 0) is 70.4 Å². The molecule has 0 saturated carbocycles. The standard InChI is InChI=1S/C33H49N3O4/c1-22(2)18-19-25(6)36(31(38)28(23(3)4)35-32(39)40-33(7,8)9)29(27-17-13-14-24(5)20-27)30(37)34-21-26-15-11-10-12-16-26/h10-17,20,22-23,25,28-29H,18-19,21H2,1-9H3,(H,34,37)(H,35,39). The lowest BCUT2D eigenvalue weighted by atomic mass is 9.94. The minimum atomic E-state index is -0.875. The molecule has 0 aliphatic carbocycles. The Kier molecular flexibility index (Phi) is 12.2. The molecule has 0 aliphatic rings. The number of carbonyl (C=O) groups excluding carboxylic acids is 3. The van der Waals surface area contributed by atoms with E-state index in [9.17, 15) is 14.4 Å². The maximum Gasteiger partial charge on any atom is 0.408 e. The quantitative estimate of drug-likeness (QED) is 0.313. The molecule has 0 bridgehead atoms. The Morgan fingerprint density at radius 3 is 2.10 bits per heavy atom. The van der Waals surface area contributed by atoms with Crippen LogP contribution in [0.5, 0.6) is 0 Å². The van der Waals surface area contributed by atoms with Crippen LogP contribution in [0.4, 0.5) is 4.79 Å². The van der Waals surface area contributed by atoms with Crippen LogP contribution in [0.15, 0.2) is 54.6 Å². The smallest absolute Gasteiger partial charge is 0.408 e. The van der Waals surface area contributed by atoms with Crippen LogP contribution in [0.25, 0.3) is 0 Å². The van der Waals surface area contributed by atoms with Crippen LogP contribution in [0, 0.1) is 18.8 Å². The summed E-state index contributed by atoms with van der Waals surface area (Å²) in [4.78, 5) is 42.9. The lowest BCUT2D eigenvalue weighted by molar-refractivity contribution is -0.146. The van der Waals surface area contributed by atoms with Gasteiger partial charge in [0.2, 0.25) is 11.8 Å². The predicted octanol–water partition coefficient (Wildman–Crippen LogP) is 6.56. The van der Waals surface area contributed by atoms with E-state index in [1.807, 2.05) is 82.3 Å². The van der Waals surface area contributed by atoms with Crippen LogP contribution in [-0.2, 0) is 20.9 Å². The normalized spacial score (nSPS) is 13.9. The summed E-state index contributed by atoms with van der Waals surface area (Å²) < 4.78 is 5.48. The molecule has 0 aliphatic heterocycles. The first-order chi connectivity index (χ1) is 18.7. The minimum absolute atomic E-state index is 0.231. The van der Waals surface area contributed by atoms with Crippen molar-refractivity contribution in [2.45, 2.75) is 105 Å². The second-order valence-corrected chi connectivity index (χ2v) is 12.5. The van der Waals surface area contributed by atoms with Gasteiger partial charge < -0.3 is 20.3 Å². The number of carbonyl (C=O) groups is 3. The fourth-order valence-corrected chi connectivity index (χ4v) is 4.58. The van der Waals surface area contributed by atoms with E-state index in [4.69, 9.17) is 4.74 Å². The summed E-state index contributed by atoms with van der Waals surface area (Å²) >= 11 is 0. The zero-order valence-electron chi connectivity index (χ0n) is 25.8. The number of alkyl carbamates (subject to hydrolysis) is 1. The molecule has 3 amide bonds. The van der Waals surface area contributed by atoms with Crippen molar-refractivity contribution in [1.29, 1.82) is 0 Å². The maximum absolute atomic E-state index is 14.4. The molecule has 2 aromatic carbocycles. The first kappa shape index (κ1) is 32.9. The molecule has 0 radical (unpaired) electrons. The van der Waals surface area contributed by atoms with Crippen molar-refractivity contribution in [3.63, 3.8) is 0 Å². The van der Waals surface area contributed by atoms with E-state index >= 15 is 0 Å². The molecule has 0 spiro atoms. The molecule has 7 heteroatoms. The van der Waals surface area contributed by atoms with Gasteiger partial charge in [-0.25, -0.2) is 4.79 Å². The summed E-state index contributed by atoms with van der Waals surface area (Å²) in [7, 11) is 0. The number of nitrogens with one attached hydrogen (secondary N) is 2. The van der Waals surface area contributed by atoms with E-state index in [1.165, 1.54) is 0 Å². The molecule has 3 atom stereocenters. The van der Waals surface area contributed by atoms with E-state index in [-0.39, 0.29) is 23.8 Å². The zero-order chi connectivity index (χ0) is 30.0. The largest absolute Gasteiger partial charge is 0.444 e. The van der Waals surface area contributed by atoms with Gasteiger partial charge >= 0.3 is 6.09 Å².